The minimum Gasteiger partial charge on any atom is -0.476 e. The number of carbonyl (C=O) groups is 1. The Balaban J connectivity index is 2.34. The minimum atomic E-state index is -1.07. The second-order valence-electron chi connectivity index (χ2n) is 4.88. The molecule has 0 spiro atoms. The highest BCUT2D eigenvalue weighted by atomic mass is 16.4. The molecule has 0 atom stereocenters. The molecule has 0 saturated carbocycles. The molecule has 1 aromatic heterocycles. The minimum absolute atomic E-state index is 0.0128. The van der Waals surface area contributed by atoms with Crippen molar-refractivity contribution in [3.63, 3.8) is 0 Å². The average molecular weight is 285 g/mol. The summed E-state index contributed by atoms with van der Waals surface area (Å²) in [6, 6.07) is 7.44. The molecule has 0 amide bonds. The Hall–Kier alpha value is -2.80. The topological polar surface area (TPSA) is 110 Å². The number of nitrogens with zero attached hydrogens (tertiary/aromatic N) is 3. The third-order valence-electron chi connectivity index (χ3n) is 3.55. The van der Waals surface area contributed by atoms with Crippen molar-refractivity contribution in [1.29, 1.82) is 0 Å². The number of benzene rings is 1. The lowest BCUT2D eigenvalue weighted by atomic mass is 10.1. The largest absolute Gasteiger partial charge is 0.476 e. The number of nitrogens with two attached hydrogens (primary N) is 2. The molecule has 1 aliphatic heterocycles. The van der Waals surface area contributed by atoms with Crippen molar-refractivity contribution in [1.82, 2.24) is 9.55 Å². The van der Waals surface area contributed by atoms with Gasteiger partial charge in [-0.3, -0.25) is 9.58 Å². The number of aromatic carboxylic acids is 1. The van der Waals surface area contributed by atoms with E-state index in [0.717, 1.165) is 11.4 Å². The summed E-state index contributed by atoms with van der Waals surface area (Å²) in [5.74, 6) is 5.10. The molecule has 0 fully saturated rings. The van der Waals surface area contributed by atoms with Crippen LogP contribution in [0.5, 0.6) is 0 Å². The maximum atomic E-state index is 11.3. The first-order chi connectivity index (χ1) is 10.0. The lowest BCUT2D eigenvalue weighted by molar-refractivity contribution is 0.0690. The molecule has 5 N–H and O–H groups in total. The Kier molecular flexibility index (Phi) is 2.91. The van der Waals surface area contributed by atoms with E-state index in [1.54, 1.807) is 11.5 Å². The zero-order valence-corrected chi connectivity index (χ0v) is 11.4. The molecule has 1 aromatic carbocycles. The number of aromatic nitrogens is 2. The van der Waals surface area contributed by atoms with E-state index < -0.39 is 5.97 Å². The van der Waals surface area contributed by atoms with Crippen LogP contribution in [0.15, 0.2) is 42.0 Å². The van der Waals surface area contributed by atoms with Gasteiger partial charge in [-0.1, -0.05) is 12.1 Å². The molecular formula is C14H15N5O2. The number of hydrogen-bond donors (Lipinski definition) is 3. The van der Waals surface area contributed by atoms with Gasteiger partial charge in [0, 0.05) is 12.1 Å². The second-order valence-corrected chi connectivity index (χ2v) is 4.88. The molecule has 21 heavy (non-hydrogen) atoms. The zero-order valence-electron chi connectivity index (χ0n) is 11.4. The summed E-state index contributed by atoms with van der Waals surface area (Å²) in [4.78, 5) is 15.3. The molecule has 0 aliphatic carbocycles. The lowest BCUT2D eigenvalue weighted by Gasteiger charge is -2.22. The average Bonchev–Trinajstić information content (AvgIpc) is 2.82. The van der Waals surface area contributed by atoms with Crippen LogP contribution in [-0.2, 0) is 6.42 Å². The molecule has 2 aromatic rings. The summed E-state index contributed by atoms with van der Waals surface area (Å²) in [6.45, 7) is 1.74. The van der Waals surface area contributed by atoms with Crippen LogP contribution in [0.4, 0.5) is 5.69 Å². The predicted molar refractivity (Wildman–Crippen MR) is 77.8 cm³/mol. The number of carboxylic acid groups (broad SMARTS) is 1. The van der Waals surface area contributed by atoms with Crippen LogP contribution in [-0.4, -0.2) is 20.6 Å². The first-order valence-corrected chi connectivity index (χ1v) is 6.39. The number of hydrazine groups is 1. The molecule has 0 radical (unpaired) electrons. The van der Waals surface area contributed by atoms with Crippen LogP contribution >= 0.6 is 0 Å². The Morgan fingerprint density at radius 3 is 2.62 bits per heavy atom. The highest BCUT2D eigenvalue weighted by Gasteiger charge is 2.27. The molecule has 7 heteroatoms. The Morgan fingerprint density at radius 2 is 2.00 bits per heavy atom. The maximum absolute atomic E-state index is 11.3. The van der Waals surface area contributed by atoms with E-state index in [-0.39, 0.29) is 5.69 Å². The summed E-state index contributed by atoms with van der Waals surface area (Å²) in [6.07, 6.45) is 1.80. The number of imidazole rings is 1. The molecule has 3 rings (SSSR count). The Labute approximate surface area is 121 Å². The number of para-hydroxylation sites is 2. The molecular weight excluding hydrogens is 270 g/mol. The van der Waals surface area contributed by atoms with Gasteiger partial charge in [0.05, 0.1) is 22.8 Å². The zero-order chi connectivity index (χ0) is 15.1. The van der Waals surface area contributed by atoms with Crippen LogP contribution < -0.4 is 16.6 Å². The van der Waals surface area contributed by atoms with Gasteiger partial charge < -0.3 is 10.8 Å². The smallest absolute Gasteiger partial charge is 0.356 e. The summed E-state index contributed by atoms with van der Waals surface area (Å²) >= 11 is 0. The van der Waals surface area contributed by atoms with E-state index in [4.69, 9.17) is 11.6 Å². The number of hydrogen-bond acceptors (Lipinski definition) is 5. The summed E-state index contributed by atoms with van der Waals surface area (Å²) in [7, 11) is 0. The highest BCUT2D eigenvalue weighted by molar-refractivity contribution is 5.87. The van der Waals surface area contributed by atoms with Gasteiger partial charge in [0.15, 0.2) is 5.69 Å². The van der Waals surface area contributed by atoms with Crippen molar-refractivity contribution in [2.75, 3.05) is 5.01 Å². The van der Waals surface area contributed by atoms with Gasteiger partial charge in [0.25, 0.3) is 0 Å². The third kappa shape index (κ3) is 1.95. The van der Waals surface area contributed by atoms with Crippen molar-refractivity contribution in [2.24, 2.45) is 11.6 Å². The fourth-order valence-electron chi connectivity index (χ4n) is 2.52. The van der Waals surface area contributed by atoms with Crippen LogP contribution in [0.2, 0.25) is 0 Å². The molecule has 7 nitrogen and oxygen atoms in total. The highest BCUT2D eigenvalue weighted by Crippen LogP contribution is 2.32. The molecule has 0 bridgehead atoms. The molecule has 108 valence electrons. The van der Waals surface area contributed by atoms with E-state index in [0.29, 0.717) is 23.5 Å². The Bertz CT molecular complexity index is 758. The van der Waals surface area contributed by atoms with Crippen molar-refractivity contribution in [3.05, 3.63) is 53.4 Å². The van der Waals surface area contributed by atoms with E-state index in [1.807, 2.05) is 24.3 Å². The van der Waals surface area contributed by atoms with Crippen LogP contribution in [0.1, 0.15) is 23.1 Å². The normalized spacial score (nSPS) is 16.0. The number of carboxylic acids is 1. The first kappa shape index (κ1) is 13.2. The van der Waals surface area contributed by atoms with Gasteiger partial charge in [-0.15, -0.1) is 0 Å². The fourth-order valence-corrected chi connectivity index (χ4v) is 2.52. The second kappa shape index (κ2) is 4.64. The predicted octanol–water partition coefficient (Wildman–Crippen LogP) is 0.997. The standard InChI is InChI=1S/C14H15N5O2/c1-8(15)11-6-12-13(14(20)21)17-7-18(12)9-4-2-3-5-10(9)19(11)16/h2-5,7H,6,15-16H2,1H3,(H,20,21)/b11-8-. The van der Waals surface area contributed by atoms with Crippen LogP contribution in [0.3, 0.4) is 0 Å². The van der Waals surface area contributed by atoms with Gasteiger partial charge in [-0.05, 0) is 19.1 Å². The summed E-state index contributed by atoms with van der Waals surface area (Å²) in [5.41, 5.74) is 9.20. The van der Waals surface area contributed by atoms with E-state index >= 15 is 0 Å². The lowest BCUT2D eigenvalue weighted by Crippen LogP contribution is -2.32. The molecule has 2 heterocycles. The van der Waals surface area contributed by atoms with E-state index in [1.165, 1.54) is 11.3 Å². The van der Waals surface area contributed by atoms with Crippen molar-refractivity contribution in [3.8, 4) is 5.69 Å². The van der Waals surface area contributed by atoms with Crippen LogP contribution in [0, 0.1) is 0 Å². The van der Waals surface area contributed by atoms with Gasteiger partial charge in [0.1, 0.15) is 6.33 Å². The molecule has 1 aliphatic rings. The van der Waals surface area contributed by atoms with E-state index in [9.17, 15) is 9.90 Å². The molecule has 0 saturated heterocycles. The summed E-state index contributed by atoms with van der Waals surface area (Å²) < 4.78 is 1.74. The van der Waals surface area contributed by atoms with Gasteiger partial charge in [-0.2, -0.15) is 0 Å². The van der Waals surface area contributed by atoms with Crippen molar-refractivity contribution in [2.45, 2.75) is 13.3 Å². The van der Waals surface area contributed by atoms with Gasteiger partial charge in [0.2, 0.25) is 0 Å². The number of rotatable bonds is 1. The monoisotopic (exact) mass is 285 g/mol. The maximum Gasteiger partial charge on any atom is 0.356 e. The first-order valence-electron chi connectivity index (χ1n) is 6.39. The third-order valence-corrected chi connectivity index (χ3v) is 3.55. The fraction of sp³-hybridized carbons (Fsp3) is 0.143. The van der Waals surface area contributed by atoms with Crippen LogP contribution in [0.25, 0.3) is 5.69 Å². The Morgan fingerprint density at radius 1 is 1.33 bits per heavy atom. The summed E-state index contributed by atoms with van der Waals surface area (Å²) in [5, 5.41) is 10.8. The number of allylic oxidation sites excluding steroid dienone is 2. The van der Waals surface area contributed by atoms with Gasteiger partial charge in [-0.25, -0.2) is 15.6 Å². The van der Waals surface area contributed by atoms with Crippen molar-refractivity contribution >= 4 is 11.7 Å². The van der Waals surface area contributed by atoms with E-state index in [2.05, 4.69) is 4.98 Å². The number of anilines is 1. The number of fused-ring (bicyclic) bond motifs is 3. The van der Waals surface area contributed by atoms with Gasteiger partial charge >= 0.3 is 5.97 Å². The molecule has 0 unspecified atom stereocenters. The van der Waals surface area contributed by atoms with Crippen molar-refractivity contribution < 1.29 is 9.90 Å². The quantitative estimate of drug-likeness (QED) is 0.674. The SMILES string of the molecule is C/C(N)=C1\Cc2c(C(=O)O)ncn2-c2ccccc2N1N.